The lowest BCUT2D eigenvalue weighted by Gasteiger charge is -2.39. The van der Waals surface area contributed by atoms with Crippen LogP contribution in [0.15, 0.2) is 0 Å². The van der Waals surface area contributed by atoms with Gasteiger partial charge in [-0.3, -0.25) is 0 Å². The Labute approximate surface area is 119 Å². The lowest BCUT2D eigenvalue weighted by molar-refractivity contribution is 0.0637. The Morgan fingerprint density at radius 3 is 2.21 bits per heavy atom. The van der Waals surface area contributed by atoms with Crippen molar-refractivity contribution in [2.75, 3.05) is 19.8 Å². The van der Waals surface area contributed by atoms with Crippen molar-refractivity contribution >= 4 is 0 Å². The first-order valence-corrected chi connectivity index (χ1v) is 8.43. The van der Waals surface area contributed by atoms with Crippen LogP contribution in [0.4, 0.5) is 0 Å². The Bertz CT molecular complexity index is 250. The van der Waals surface area contributed by atoms with Crippen molar-refractivity contribution < 1.29 is 4.74 Å². The average molecular weight is 267 g/mol. The monoisotopic (exact) mass is 267 g/mol. The van der Waals surface area contributed by atoms with Gasteiger partial charge in [-0.1, -0.05) is 27.2 Å². The van der Waals surface area contributed by atoms with Crippen LogP contribution in [-0.2, 0) is 4.74 Å². The van der Waals surface area contributed by atoms with Crippen LogP contribution in [0.5, 0.6) is 0 Å². The summed E-state index contributed by atoms with van der Waals surface area (Å²) in [5.41, 5.74) is 0.547. The van der Waals surface area contributed by atoms with E-state index in [1.807, 2.05) is 0 Å². The Balaban J connectivity index is 1.66. The van der Waals surface area contributed by atoms with Gasteiger partial charge in [0.2, 0.25) is 0 Å². The molecule has 2 fully saturated rings. The molecule has 0 atom stereocenters. The van der Waals surface area contributed by atoms with Crippen LogP contribution in [0.1, 0.15) is 65.7 Å². The molecular weight excluding hydrogens is 234 g/mol. The molecule has 1 aliphatic carbocycles. The predicted octanol–water partition coefficient (Wildman–Crippen LogP) is 4.00. The fourth-order valence-electron chi connectivity index (χ4n) is 3.65. The first-order chi connectivity index (χ1) is 9.12. The van der Waals surface area contributed by atoms with Crippen LogP contribution in [0.3, 0.4) is 0 Å². The minimum Gasteiger partial charge on any atom is -0.381 e. The van der Waals surface area contributed by atoms with Gasteiger partial charge < -0.3 is 10.1 Å². The predicted molar refractivity (Wildman–Crippen MR) is 81.4 cm³/mol. The van der Waals surface area contributed by atoms with E-state index >= 15 is 0 Å². The van der Waals surface area contributed by atoms with E-state index in [1.54, 1.807) is 0 Å². The van der Waals surface area contributed by atoms with E-state index in [0.717, 1.165) is 31.1 Å². The summed E-state index contributed by atoms with van der Waals surface area (Å²) in [5.74, 6) is 1.80. The number of ether oxygens (including phenoxy) is 1. The molecule has 112 valence electrons. The first kappa shape index (κ1) is 15.3. The molecule has 0 aromatic carbocycles. The summed E-state index contributed by atoms with van der Waals surface area (Å²) in [5, 5.41) is 3.83. The second-order valence-corrected chi connectivity index (χ2v) is 7.35. The van der Waals surface area contributed by atoms with Crippen molar-refractivity contribution in [3.8, 4) is 0 Å². The Morgan fingerprint density at radius 2 is 1.63 bits per heavy atom. The lowest BCUT2D eigenvalue weighted by Crippen LogP contribution is -2.39. The van der Waals surface area contributed by atoms with Crippen molar-refractivity contribution in [2.24, 2.45) is 17.3 Å². The third kappa shape index (κ3) is 4.46. The van der Waals surface area contributed by atoms with Gasteiger partial charge in [0.25, 0.3) is 0 Å². The lowest BCUT2D eigenvalue weighted by atomic mass is 9.69. The summed E-state index contributed by atoms with van der Waals surface area (Å²) in [6.45, 7) is 10.4. The molecular formula is C17H33NO. The molecule has 1 N–H and O–H groups in total. The molecule has 2 nitrogen and oxygen atoms in total. The summed E-state index contributed by atoms with van der Waals surface area (Å²) in [6, 6.07) is 0.784. The minimum absolute atomic E-state index is 0.547. The highest BCUT2D eigenvalue weighted by Gasteiger charge is 2.31. The Kier molecular flexibility index (Phi) is 5.70. The zero-order chi connectivity index (χ0) is 13.7. The molecule has 2 heteroatoms. The molecule has 0 bridgehead atoms. The van der Waals surface area contributed by atoms with E-state index in [2.05, 4.69) is 26.1 Å². The molecule has 0 aromatic rings. The van der Waals surface area contributed by atoms with E-state index < -0.39 is 0 Å². The highest BCUT2D eigenvalue weighted by Crippen LogP contribution is 2.40. The van der Waals surface area contributed by atoms with Crippen LogP contribution in [0, 0.1) is 17.3 Å². The number of hydrogen-bond acceptors (Lipinski definition) is 2. The van der Waals surface area contributed by atoms with E-state index in [0.29, 0.717) is 5.41 Å². The van der Waals surface area contributed by atoms with Gasteiger partial charge in [0.15, 0.2) is 0 Å². The highest BCUT2D eigenvalue weighted by atomic mass is 16.5. The SMILES string of the molecule is CCC(C)(C)C1CCC(NCC2CCOCC2)CC1. The van der Waals surface area contributed by atoms with Gasteiger partial charge in [0.1, 0.15) is 0 Å². The zero-order valence-corrected chi connectivity index (χ0v) is 13.2. The third-order valence-corrected chi connectivity index (χ3v) is 5.78. The van der Waals surface area contributed by atoms with Crippen LogP contribution in [0.2, 0.25) is 0 Å². The molecule has 0 radical (unpaired) electrons. The molecule has 0 amide bonds. The second-order valence-electron chi connectivity index (χ2n) is 7.35. The summed E-state index contributed by atoms with van der Waals surface area (Å²) >= 11 is 0. The van der Waals surface area contributed by atoms with Gasteiger partial charge in [-0.25, -0.2) is 0 Å². The van der Waals surface area contributed by atoms with Crippen molar-refractivity contribution in [3.63, 3.8) is 0 Å². The van der Waals surface area contributed by atoms with Crippen molar-refractivity contribution in [1.82, 2.24) is 5.32 Å². The summed E-state index contributed by atoms with van der Waals surface area (Å²) in [4.78, 5) is 0. The van der Waals surface area contributed by atoms with E-state index in [4.69, 9.17) is 4.74 Å². The zero-order valence-electron chi connectivity index (χ0n) is 13.2. The maximum atomic E-state index is 5.43. The van der Waals surface area contributed by atoms with E-state index in [1.165, 1.54) is 51.5 Å². The molecule has 0 spiro atoms. The normalized spacial score (nSPS) is 30.5. The van der Waals surface area contributed by atoms with E-state index in [9.17, 15) is 0 Å². The average Bonchev–Trinajstić information content (AvgIpc) is 2.47. The van der Waals surface area contributed by atoms with Gasteiger partial charge in [-0.05, 0) is 62.3 Å². The molecule has 19 heavy (non-hydrogen) atoms. The molecule has 1 saturated carbocycles. The smallest absolute Gasteiger partial charge is 0.0469 e. The maximum absolute atomic E-state index is 5.43. The second kappa shape index (κ2) is 7.08. The fraction of sp³-hybridized carbons (Fsp3) is 1.00. The molecule has 0 unspecified atom stereocenters. The first-order valence-electron chi connectivity index (χ1n) is 8.43. The molecule has 0 aromatic heterocycles. The largest absolute Gasteiger partial charge is 0.381 e. The summed E-state index contributed by atoms with van der Waals surface area (Å²) in [6.07, 6.45) is 9.45. The molecule has 1 saturated heterocycles. The number of hydrogen-bond donors (Lipinski definition) is 1. The highest BCUT2D eigenvalue weighted by molar-refractivity contribution is 4.85. The quantitative estimate of drug-likeness (QED) is 0.813. The van der Waals surface area contributed by atoms with Crippen molar-refractivity contribution in [2.45, 2.75) is 71.8 Å². The molecule has 1 aliphatic heterocycles. The van der Waals surface area contributed by atoms with Gasteiger partial charge in [0.05, 0.1) is 0 Å². The van der Waals surface area contributed by atoms with Gasteiger partial charge in [-0.2, -0.15) is 0 Å². The van der Waals surface area contributed by atoms with Crippen LogP contribution in [0.25, 0.3) is 0 Å². The Morgan fingerprint density at radius 1 is 1.00 bits per heavy atom. The van der Waals surface area contributed by atoms with Crippen molar-refractivity contribution in [3.05, 3.63) is 0 Å². The molecule has 2 rings (SSSR count). The third-order valence-electron chi connectivity index (χ3n) is 5.78. The number of nitrogens with one attached hydrogen (secondary N) is 1. The van der Waals surface area contributed by atoms with Gasteiger partial charge in [0, 0.05) is 19.3 Å². The number of rotatable bonds is 5. The minimum atomic E-state index is 0.547. The van der Waals surface area contributed by atoms with Crippen molar-refractivity contribution in [1.29, 1.82) is 0 Å². The standard InChI is InChI=1S/C17H33NO/c1-4-17(2,3)15-5-7-16(8-6-15)18-13-14-9-11-19-12-10-14/h14-16,18H,4-13H2,1-3H3. The molecule has 2 aliphatic rings. The summed E-state index contributed by atoms with van der Waals surface area (Å²) in [7, 11) is 0. The van der Waals surface area contributed by atoms with Crippen LogP contribution >= 0.6 is 0 Å². The maximum Gasteiger partial charge on any atom is 0.0469 e. The summed E-state index contributed by atoms with van der Waals surface area (Å²) < 4.78 is 5.43. The van der Waals surface area contributed by atoms with Gasteiger partial charge >= 0.3 is 0 Å². The van der Waals surface area contributed by atoms with Crippen LogP contribution in [-0.4, -0.2) is 25.8 Å². The topological polar surface area (TPSA) is 21.3 Å². The van der Waals surface area contributed by atoms with Gasteiger partial charge in [-0.15, -0.1) is 0 Å². The fourth-order valence-corrected chi connectivity index (χ4v) is 3.65. The van der Waals surface area contributed by atoms with Crippen LogP contribution < -0.4 is 5.32 Å². The molecule has 1 heterocycles. The Hall–Kier alpha value is -0.0800. The van der Waals surface area contributed by atoms with E-state index in [-0.39, 0.29) is 0 Å².